The number of hydrogen-bond donors (Lipinski definition) is 0. The molecule has 20 heavy (non-hydrogen) atoms. The zero-order valence-electron chi connectivity index (χ0n) is 12.0. The van der Waals surface area contributed by atoms with Crippen molar-refractivity contribution < 1.29 is 9.47 Å². The number of ether oxygens (including phenoxy) is 2. The average Bonchev–Trinajstić information content (AvgIpc) is 2.95. The zero-order valence-corrected chi connectivity index (χ0v) is 12.0. The number of likely N-dealkylation sites (tertiary alicyclic amines) is 2. The molecule has 0 amide bonds. The molecule has 2 fully saturated rings. The minimum absolute atomic E-state index is 0.662. The summed E-state index contributed by atoms with van der Waals surface area (Å²) in [6.07, 6.45) is 0. The van der Waals surface area contributed by atoms with Crippen molar-refractivity contribution in [1.29, 1.82) is 0 Å². The maximum atomic E-state index is 5.67. The Kier molecular flexibility index (Phi) is 3.08. The van der Waals surface area contributed by atoms with Crippen molar-refractivity contribution in [2.45, 2.75) is 6.54 Å². The summed E-state index contributed by atoms with van der Waals surface area (Å²) in [7, 11) is 2.24. The van der Waals surface area contributed by atoms with E-state index < -0.39 is 0 Å². The molecular weight excluding hydrogens is 252 g/mol. The lowest BCUT2D eigenvalue weighted by atomic mass is 10.0. The summed E-state index contributed by atoms with van der Waals surface area (Å²) < 4.78 is 11.2. The molecule has 108 valence electrons. The summed E-state index contributed by atoms with van der Waals surface area (Å²) >= 11 is 0. The summed E-state index contributed by atoms with van der Waals surface area (Å²) in [5.74, 6) is 3.54. The number of benzene rings is 1. The van der Waals surface area contributed by atoms with Crippen LogP contribution in [-0.2, 0) is 6.54 Å². The standard InChI is InChI=1S/C16H22N2O2/c1-17-8-13-10-18(11-14(13)9-17)7-12-2-3-15-16(6-12)20-5-4-19-15/h2-3,6,13-14H,4-5,7-11H2,1H3/t13-,14+. The largest absolute Gasteiger partial charge is 0.486 e. The van der Waals surface area contributed by atoms with Crippen molar-refractivity contribution in [3.8, 4) is 11.5 Å². The van der Waals surface area contributed by atoms with E-state index in [1.54, 1.807) is 0 Å². The lowest BCUT2D eigenvalue weighted by Crippen LogP contribution is -2.26. The van der Waals surface area contributed by atoms with Crippen molar-refractivity contribution in [2.75, 3.05) is 46.4 Å². The van der Waals surface area contributed by atoms with E-state index in [9.17, 15) is 0 Å². The smallest absolute Gasteiger partial charge is 0.161 e. The van der Waals surface area contributed by atoms with E-state index in [1.165, 1.54) is 31.7 Å². The number of nitrogens with zero attached hydrogens (tertiary/aromatic N) is 2. The minimum Gasteiger partial charge on any atom is -0.486 e. The molecule has 0 N–H and O–H groups in total. The van der Waals surface area contributed by atoms with Gasteiger partial charge in [-0.3, -0.25) is 4.90 Å². The van der Waals surface area contributed by atoms with Crippen LogP contribution in [0.25, 0.3) is 0 Å². The van der Waals surface area contributed by atoms with Crippen LogP contribution >= 0.6 is 0 Å². The second kappa shape index (κ2) is 4.93. The second-order valence-corrected chi connectivity index (χ2v) is 6.41. The maximum absolute atomic E-state index is 5.67. The Balaban J connectivity index is 1.43. The molecule has 0 spiro atoms. The SMILES string of the molecule is CN1C[C@@H]2CN(Cc3ccc4c(c3)OCCO4)C[C@@H]2C1. The molecule has 0 aromatic heterocycles. The summed E-state index contributed by atoms with van der Waals surface area (Å²) in [4.78, 5) is 5.06. The Labute approximate surface area is 120 Å². The lowest BCUT2D eigenvalue weighted by Gasteiger charge is -2.22. The van der Waals surface area contributed by atoms with Crippen LogP contribution in [0, 0.1) is 11.8 Å². The zero-order chi connectivity index (χ0) is 13.5. The minimum atomic E-state index is 0.662. The number of fused-ring (bicyclic) bond motifs is 2. The molecule has 0 radical (unpaired) electrons. The molecule has 4 nitrogen and oxygen atoms in total. The third-order valence-electron chi connectivity index (χ3n) is 4.76. The lowest BCUT2D eigenvalue weighted by molar-refractivity contribution is 0.171. The molecule has 3 heterocycles. The summed E-state index contributed by atoms with van der Waals surface area (Å²) in [6, 6.07) is 6.37. The summed E-state index contributed by atoms with van der Waals surface area (Å²) in [5.41, 5.74) is 1.34. The summed E-state index contributed by atoms with van der Waals surface area (Å²) in [5, 5.41) is 0. The van der Waals surface area contributed by atoms with E-state index in [2.05, 4.69) is 35.0 Å². The Morgan fingerprint density at radius 3 is 2.45 bits per heavy atom. The number of hydrogen-bond acceptors (Lipinski definition) is 4. The quantitative estimate of drug-likeness (QED) is 0.815. The summed E-state index contributed by atoms with van der Waals surface area (Å²) in [6.45, 7) is 7.37. The third kappa shape index (κ3) is 2.27. The van der Waals surface area contributed by atoms with Gasteiger partial charge in [-0.15, -0.1) is 0 Å². The molecule has 3 aliphatic rings. The van der Waals surface area contributed by atoms with Crippen LogP contribution in [-0.4, -0.2) is 56.2 Å². The van der Waals surface area contributed by atoms with Crippen LogP contribution in [0.4, 0.5) is 0 Å². The van der Waals surface area contributed by atoms with Gasteiger partial charge in [-0.05, 0) is 36.6 Å². The molecule has 2 saturated heterocycles. The Morgan fingerprint density at radius 2 is 1.70 bits per heavy atom. The van der Waals surface area contributed by atoms with Gasteiger partial charge in [-0.2, -0.15) is 0 Å². The Bertz CT molecular complexity index is 491. The van der Waals surface area contributed by atoms with Crippen molar-refractivity contribution in [3.05, 3.63) is 23.8 Å². The van der Waals surface area contributed by atoms with Gasteiger partial charge in [0.1, 0.15) is 13.2 Å². The van der Waals surface area contributed by atoms with Crippen LogP contribution in [0.5, 0.6) is 11.5 Å². The van der Waals surface area contributed by atoms with E-state index in [0.29, 0.717) is 13.2 Å². The van der Waals surface area contributed by atoms with Gasteiger partial charge in [0.2, 0.25) is 0 Å². The maximum Gasteiger partial charge on any atom is 0.161 e. The molecule has 0 saturated carbocycles. The molecule has 0 aliphatic carbocycles. The van der Waals surface area contributed by atoms with Gasteiger partial charge in [0.05, 0.1) is 0 Å². The van der Waals surface area contributed by atoms with E-state index in [-0.39, 0.29) is 0 Å². The molecule has 1 aromatic carbocycles. The monoisotopic (exact) mass is 274 g/mol. The van der Waals surface area contributed by atoms with Gasteiger partial charge in [0.15, 0.2) is 11.5 Å². The van der Waals surface area contributed by atoms with Crippen molar-refractivity contribution in [3.63, 3.8) is 0 Å². The van der Waals surface area contributed by atoms with Crippen molar-refractivity contribution >= 4 is 0 Å². The fourth-order valence-electron chi connectivity index (χ4n) is 3.90. The fraction of sp³-hybridized carbons (Fsp3) is 0.625. The van der Waals surface area contributed by atoms with Gasteiger partial charge in [0.25, 0.3) is 0 Å². The Morgan fingerprint density at radius 1 is 1.00 bits per heavy atom. The second-order valence-electron chi connectivity index (χ2n) is 6.41. The van der Waals surface area contributed by atoms with Gasteiger partial charge in [-0.25, -0.2) is 0 Å². The first-order valence-electron chi connectivity index (χ1n) is 7.57. The van der Waals surface area contributed by atoms with E-state index >= 15 is 0 Å². The predicted molar refractivity (Wildman–Crippen MR) is 77.2 cm³/mol. The van der Waals surface area contributed by atoms with Crippen LogP contribution < -0.4 is 9.47 Å². The molecule has 4 rings (SSSR count). The van der Waals surface area contributed by atoms with Gasteiger partial charge < -0.3 is 14.4 Å². The molecule has 1 aromatic rings. The van der Waals surface area contributed by atoms with Gasteiger partial charge in [0, 0.05) is 32.7 Å². The van der Waals surface area contributed by atoms with E-state index in [0.717, 1.165) is 29.9 Å². The molecule has 0 bridgehead atoms. The van der Waals surface area contributed by atoms with Crippen molar-refractivity contribution in [1.82, 2.24) is 9.80 Å². The van der Waals surface area contributed by atoms with Gasteiger partial charge >= 0.3 is 0 Å². The molecule has 0 unspecified atom stereocenters. The van der Waals surface area contributed by atoms with Crippen LogP contribution in [0.15, 0.2) is 18.2 Å². The highest BCUT2D eigenvalue weighted by Gasteiger charge is 2.38. The highest BCUT2D eigenvalue weighted by molar-refractivity contribution is 5.43. The first kappa shape index (κ1) is 12.5. The molecule has 3 aliphatic heterocycles. The van der Waals surface area contributed by atoms with Gasteiger partial charge in [-0.1, -0.05) is 6.07 Å². The van der Waals surface area contributed by atoms with Crippen LogP contribution in [0.3, 0.4) is 0 Å². The Hall–Kier alpha value is -1.26. The van der Waals surface area contributed by atoms with Crippen LogP contribution in [0.1, 0.15) is 5.56 Å². The molecule has 2 atom stereocenters. The van der Waals surface area contributed by atoms with E-state index in [1.807, 2.05) is 0 Å². The number of rotatable bonds is 2. The fourth-order valence-corrected chi connectivity index (χ4v) is 3.90. The first-order valence-corrected chi connectivity index (χ1v) is 7.57. The third-order valence-corrected chi connectivity index (χ3v) is 4.76. The van der Waals surface area contributed by atoms with Crippen molar-refractivity contribution in [2.24, 2.45) is 11.8 Å². The molecular formula is C16H22N2O2. The average molecular weight is 274 g/mol. The highest BCUT2D eigenvalue weighted by atomic mass is 16.6. The topological polar surface area (TPSA) is 24.9 Å². The molecule has 4 heteroatoms. The van der Waals surface area contributed by atoms with Crippen LogP contribution in [0.2, 0.25) is 0 Å². The van der Waals surface area contributed by atoms with E-state index in [4.69, 9.17) is 9.47 Å². The highest BCUT2D eigenvalue weighted by Crippen LogP contribution is 2.34. The normalized spacial score (nSPS) is 29.6. The predicted octanol–water partition coefficient (Wildman–Crippen LogP) is 1.45. The first-order chi connectivity index (χ1) is 9.78.